The Hall–Kier alpha value is -2.42. The minimum atomic E-state index is -0.116. The van der Waals surface area contributed by atoms with Gasteiger partial charge in [-0.1, -0.05) is 12.1 Å². The highest BCUT2D eigenvalue weighted by Gasteiger charge is 2.14. The highest BCUT2D eigenvalue weighted by atomic mass is 79.9. The third-order valence-corrected chi connectivity index (χ3v) is 6.48. The zero-order chi connectivity index (χ0) is 19.8. The minimum absolute atomic E-state index is 0.0857. The standard InChI is InChI=1S/C20H12Br2N2O3S/c21-13-7-10(18(26)17(22)19(13)27)9-23-11-5-6-15(25)12(8-11)20-24-14-3-1-2-4-16(14)28-20/h1-9,25-27H. The number of rotatable bonds is 3. The van der Waals surface area contributed by atoms with E-state index >= 15 is 0 Å². The maximum atomic E-state index is 10.3. The van der Waals surface area contributed by atoms with Gasteiger partial charge in [0.1, 0.15) is 26.7 Å². The summed E-state index contributed by atoms with van der Waals surface area (Å²) in [6.45, 7) is 0. The molecule has 0 spiro atoms. The van der Waals surface area contributed by atoms with Gasteiger partial charge in [0.25, 0.3) is 0 Å². The molecule has 0 aliphatic carbocycles. The van der Waals surface area contributed by atoms with E-state index in [1.807, 2.05) is 24.3 Å². The molecule has 0 radical (unpaired) electrons. The van der Waals surface area contributed by atoms with Crippen LogP contribution in [0.2, 0.25) is 0 Å². The van der Waals surface area contributed by atoms with Gasteiger partial charge in [0.15, 0.2) is 0 Å². The van der Waals surface area contributed by atoms with Crippen LogP contribution in [0.1, 0.15) is 5.56 Å². The third-order valence-electron chi connectivity index (χ3n) is 4.05. The maximum Gasteiger partial charge on any atom is 0.147 e. The average Bonchev–Trinajstić information content (AvgIpc) is 3.13. The first-order chi connectivity index (χ1) is 13.4. The van der Waals surface area contributed by atoms with Crippen molar-refractivity contribution in [3.63, 3.8) is 0 Å². The van der Waals surface area contributed by atoms with Crippen LogP contribution in [0.4, 0.5) is 5.69 Å². The second-order valence-electron chi connectivity index (χ2n) is 5.91. The van der Waals surface area contributed by atoms with Gasteiger partial charge >= 0.3 is 0 Å². The Morgan fingerprint density at radius 2 is 1.75 bits per heavy atom. The van der Waals surface area contributed by atoms with Crippen molar-refractivity contribution in [2.75, 3.05) is 0 Å². The van der Waals surface area contributed by atoms with E-state index in [1.165, 1.54) is 17.6 Å². The highest BCUT2D eigenvalue weighted by Crippen LogP contribution is 2.41. The number of phenols is 3. The number of para-hydroxylation sites is 1. The summed E-state index contributed by atoms with van der Waals surface area (Å²) in [6.07, 6.45) is 1.48. The molecule has 4 aromatic rings. The lowest BCUT2D eigenvalue weighted by atomic mass is 10.1. The Balaban J connectivity index is 1.72. The number of hydrogen-bond donors (Lipinski definition) is 3. The van der Waals surface area contributed by atoms with Crippen LogP contribution in [0.15, 0.2) is 62.5 Å². The van der Waals surface area contributed by atoms with Crippen molar-refractivity contribution >= 4 is 65.3 Å². The summed E-state index contributed by atoms with van der Waals surface area (Å²) in [5.41, 5.74) is 2.48. The fourth-order valence-electron chi connectivity index (χ4n) is 2.62. The molecule has 5 nitrogen and oxygen atoms in total. The SMILES string of the molecule is Oc1ccc(N=Cc2cc(Br)c(O)c(Br)c2O)cc1-c1nc2ccccc2s1. The summed E-state index contributed by atoms with van der Waals surface area (Å²) >= 11 is 7.87. The molecule has 1 heterocycles. The number of benzene rings is 3. The second kappa shape index (κ2) is 7.54. The van der Waals surface area contributed by atoms with E-state index in [4.69, 9.17) is 0 Å². The molecule has 0 saturated heterocycles. The van der Waals surface area contributed by atoms with E-state index in [0.29, 0.717) is 26.3 Å². The number of aromatic nitrogens is 1. The largest absolute Gasteiger partial charge is 0.507 e. The molecule has 1 aromatic heterocycles. The molecule has 0 bridgehead atoms. The van der Waals surface area contributed by atoms with Gasteiger partial charge in [-0.25, -0.2) is 4.98 Å². The molecule has 3 N–H and O–H groups in total. The second-order valence-corrected chi connectivity index (χ2v) is 8.58. The monoisotopic (exact) mass is 518 g/mol. The summed E-state index contributed by atoms with van der Waals surface area (Å²) in [5, 5.41) is 31.0. The number of nitrogens with zero attached hydrogens (tertiary/aromatic N) is 2. The zero-order valence-corrected chi connectivity index (χ0v) is 18.1. The quantitative estimate of drug-likeness (QED) is 0.275. The summed E-state index contributed by atoms with van der Waals surface area (Å²) in [6, 6.07) is 14.3. The molecular weight excluding hydrogens is 508 g/mol. The first-order valence-electron chi connectivity index (χ1n) is 8.07. The molecule has 3 aromatic carbocycles. The van der Waals surface area contributed by atoms with Gasteiger partial charge in [-0.3, -0.25) is 4.99 Å². The lowest BCUT2D eigenvalue weighted by Gasteiger charge is -2.06. The van der Waals surface area contributed by atoms with Crippen molar-refractivity contribution in [2.24, 2.45) is 4.99 Å². The van der Waals surface area contributed by atoms with E-state index in [0.717, 1.165) is 10.2 Å². The number of halogens is 2. The molecule has 140 valence electrons. The van der Waals surface area contributed by atoms with Gasteiger partial charge in [-0.2, -0.15) is 0 Å². The average molecular weight is 520 g/mol. The molecular formula is C20H12Br2N2O3S. The van der Waals surface area contributed by atoms with Gasteiger partial charge in [0.2, 0.25) is 0 Å². The van der Waals surface area contributed by atoms with Crippen molar-refractivity contribution in [1.29, 1.82) is 0 Å². The number of aromatic hydroxyl groups is 3. The van der Waals surface area contributed by atoms with Crippen LogP contribution in [-0.2, 0) is 0 Å². The molecule has 0 fully saturated rings. The van der Waals surface area contributed by atoms with Crippen molar-refractivity contribution in [2.45, 2.75) is 0 Å². The van der Waals surface area contributed by atoms with Crippen LogP contribution in [0.25, 0.3) is 20.8 Å². The molecule has 28 heavy (non-hydrogen) atoms. The van der Waals surface area contributed by atoms with Gasteiger partial charge in [-0.15, -0.1) is 11.3 Å². The summed E-state index contributed by atoms with van der Waals surface area (Å²) in [4.78, 5) is 8.96. The van der Waals surface area contributed by atoms with Crippen molar-refractivity contribution < 1.29 is 15.3 Å². The van der Waals surface area contributed by atoms with Crippen molar-refractivity contribution in [3.8, 4) is 27.8 Å². The van der Waals surface area contributed by atoms with E-state index < -0.39 is 0 Å². The predicted molar refractivity (Wildman–Crippen MR) is 119 cm³/mol. The number of phenolic OH excluding ortho intramolecular Hbond substituents is 3. The molecule has 0 unspecified atom stereocenters. The number of thiazole rings is 1. The van der Waals surface area contributed by atoms with Crippen LogP contribution in [-0.4, -0.2) is 26.5 Å². The predicted octanol–water partition coefficient (Wildman–Crippen LogP) is 6.36. The maximum absolute atomic E-state index is 10.3. The molecule has 4 rings (SSSR count). The lowest BCUT2D eigenvalue weighted by Crippen LogP contribution is -1.86. The van der Waals surface area contributed by atoms with Crippen LogP contribution in [0.3, 0.4) is 0 Å². The Kier molecular flexibility index (Phi) is 5.09. The Bertz CT molecular complexity index is 1200. The topological polar surface area (TPSA) is 85.9 Å². The Labute approximate surface area is 180 Å². The first kappa shape index (κ1) is 18.9. The van der Waals surface area contributed by atoms with E-state index in [2.05, 4.69) is 41.8 Å². The van der Waals surface area contributed by atoms with Gasteiger partial charge in [-0.05, 0) is 68.3 Å². The summed E-state index contributed by atoms with van der Waals surface area (Å²) in [5.74, 6) is -0.0805. The van der Waals surface area contributed by atoms with Gasteiger partial charge in [0, 0.05) is 11.8 Å². The first-order valence-corrected chi connectivity index (χ1v) is 10.5. The van der Waals surface area contributed by atoms with Crippen molar-refractivity contribution in [3.05, 3.63) is 63.0 Å². The smallest absolute Gasteiger partial charge is 0.147 e. The van der Waals surface area contributed by atoms with Gasteiger partial charge in [0.05, 0.1) is 25.9 Å². The fraction of sp³-hybridized carbons (Fsp3) is 0. The lowest BCUT2D eigenvalue weighted by molar-refractivity contribution is 0.442. The molecule has 0 aliphatic rings. The highest BCUT2D eigenvalue weighted by molar-refractivity contribution is 9.11. The number of fused-ring (bicyclic) bond motifs is 1. The Morgan fingerprint density at radius 1 is 0.964 bits per heavy atom. The fourth-order valence-corrected chi connectivity index (χ4v) is 4.77. The third kappa shape index (κ3) is 3.50. The molecule has 0 amide bonds. The minimum Gasteiger partial charge on any atom is -0.507 e. The van der Waals surface area contributed by atoms with Crippen molar-refractivity contribution in [1.82, 2.24) is 4.98 Å². The Morgan fingerprint density at radius 3 is 2.54 bits per heavy atom. The normalized spacial score (nSPS) is 11.5. The van der Waals surface area contributed by atoms with Gasteiger partial charge < -0.3 is 15.3 Å². The number of hydrogen-bond acceptors (Lipinski definition) is 6. The molecule has 0 aliphatic heterocycles. The molecule has 8 heteroatoms. The van der Waals surface area contributed by atoms with E-state index in [1.54, 1.807) is 24.3 Å². The zero-order valence-electron chi connectivity index (χ0n) is 14.1. The van der Waals surface area contributed by atoms with Crippen LogP contribution in [0.5, 0.6) is 17.2 Å². The van der Waals surface area contributed by atoms with Crippen LogP contribution in [0, 0.1) is 0 Å². The molecule has 0 saturated carbocycles. The van der Waals surface area contributed by atoms with E-state index in [9.17, 15) is 15.3 Å². The molecule has 0 atom stereocenters. The van der Waals surface area contributed by atoms with E-state index in [-0.39, 0.29) is 21.7 Å². The summed E-state index contributed by atoms with van der Waals surface area (Å²) < 4.78 is 1.65. The summed E-state index contributed by atoms with van der Waals surface area (Å²) in [7, 11) is 0. The number of aliphatic imine (C=N–C) groups is 1. The van der Waals surface area contributed by atoms with Crippen LogP contribution >= 0.6 is 43.2 Å². The van der Waals surface area contributed by atoms with Crippen LogP contribution < -0.4 is 0 Å².